The summed E-state index contributed by atoms with van der Waals surface area (Å²) in [5.41, 5.74) is 1.23. The lowest BCUT2D eigenvalue weighted by Crippen LogP contribution is -2.11. The largest absolute Gasteiger partial charge is 0.508 e. The average Bonchev–Trinajstić information content (AvgIpc) is 2.56. The molecule has 0 fully saturated rings. The van der Waals surface area contributed by atoms with Crippen LogP contribution in [0.4, 0.5) is 0 Å². The summed E-state index contributed by atoms with van der Waals surface area (Å²) in [7, 11) is 0. The van der Waals surface area contributed by atoms with Gasteiger partial charge in [-0.15, -0.1) is 0 Å². The van der Waals surface area contributed by atoms with Crippen molar-refractivity contribution in [1.82, 2.24) is 0 Å². The van der Waals surface area contributed by atoms with Crippen molar-refractivity contribution in [3.63, 3.8) is 0 Å². The second-order valence-corrected chi connectivity index (χ2v) is 3.88. The Bertz CT molecular complexity index is 320. The van der Waals surface area contributed by atoms with Crippen molar-refractivity contribution < 1.29 is 9.84 Å². The molecular formula is C12H16O2. The van der Waals surface area contributed by atoms with Gasteiger partial charge in [-0.1, -0.05) is 25.8 Å². The van der Waals surface area contributed by atoms with Gasteiger partial charge in [-0.3, -0.25) is 0 Å². The molecule has 0 amide bonds. The number of rotatable bonds is 3. The van der Waals surface area contributed by atoms with Gasteiger partial charge < -0.3 is 9.84 Å². The van der Waals surface area contributed by atoms with E-state index in [4.69, 9.17) is 4.74 Å². The molecule has 2 rings (SSSR count). The molecule has 1 N–H and O–H groups in total. The maximum absolute atomic E-state index is 9.28. The van der Waals surface area contributed by atoms with Crippen molar-refractivity contribution in [2.24, 2.45) is 0 Å². The molecule has 1 aromatic carbocycles. The first-order valence-corrected chi connectivity index (χ1v) is 5.28. The molecule has 0 radical (unpaired) electrons. The van der Waals surface area contributed by atoms with E-state index in [1.165, 1.54) is 18.4 Å². The highest BCUT2D eigenvalue weighted by Gasteiger charge is 2.22. The van der Waals surface area contributed by atoms with E-state index in [1.807, 2.05) is 6.07 Å². The third kappa shape index (κ3) is 1.84. The minimum atomic E-state index is 0.292. The number of phenols is 1. The van der Waals surface area contributed by atoms with E-state index in [1.54, 1.807) is 12.1 Å². The first kappa shape index (κ1) is 9.38. The van der Waals surface area contributed by atoms with Crippen LogP contribution >= 0.6 is 0 Å². The highest BCUT2D eigenvalue weighted by Crippen LogP contribution is 2.33. The zero-order valence-corrected chi connectivity index (χ0v) is 8.49. The smallest absolute Gasteiger partial charge is 0.126 e. The van der Waals surface area contributed by atoms with Crippen LogP contribution in [0.1, 0.15) is 31.7 Å². The summed E-state index contributed by atoms with van der Waals surface area (Å²) in [6.07, 6.45) is 4.86. The molecule has 0 aliphatic carbocycles. The van der Waals surface area contributed by atoms with E-state index in [0.717, 1.165) is 18.6 Å². The molecular weight excluding hydrogens is 176 g/mol. The number of benzene rings is 1. The van der Waals surface area contributed by atoms with Gasteiger partial charge in [-0.05, 0) is 18.1 Å². The summed E-state index contributed by atoms with van der Waals surface area (Å²) in [4.78, 5) is 0. The molecule has 14 heavy (non-hydrogen) atoms. The minimum Gasteiger partial charge on any atom is -0.508 e. The van der Waals surface area contributed by atoms with E-state index in [2.05, 4.69) is 6.92 Å². The molecule has 1 atom stereocenters. The zero-order chi connectivity index (χ0) is 9.97. The molecule has 76 valence electrons. The molecule has 0 spiro atoms. The van der Waals surface area contributed by atoms with Crippen molar-refractivity contribution >= 4 is 0 Å². The lowest BCUT2D eigenvalue weighted by Gasteiger charge is -2.08. The zero-order valence-electron chi connectivity index (χ0n) is 8.49. The average molecular weight is 192 g/mol. The third-order valence-corrected chi connectivity index (χ3v) is 2.67. The van der Waals surface area contributed by atoms with E-state index < -0.39 is 0 Å². The number of hydrogen-bond donors (Lipinski definition) is 1. The molecule has 1 aliphatic heterocycles. The Hall–Kier alpha value is -1.18. The Balaban J connectivity index is 2.03. The summed E-state index contributed by atoms with van der Waals surface area (Å²) in [5, 5.41) is 9.28. The second-order valence-electron chi connectivity index (χ2n) is 3.88. The van der Waals surface area contributed by atoms with Crippen LogP contribution in [0.5, 0.6) is 11.5 Å². The standard InChI is InChI=1S/C12H16O2/c1-2-3-4-11-7-9-5-6-10(13)8-12(9)14-11/h5-6,8,11,13H,2-4,7H2,1H3. The SMILES string of the molecule is CCCCC1Cc2ccc(O)cc2O1. The molecule has 0 bridgehead atoms. The van der Waals surface area contributed by atoms with Crippen LogP contribution in [-0.2, 0) is 6.42 Å². The molecule has 1 aliphatic rings. The summed E-state index contributed by atoms with van der Waals surface area (Å²) < 4.78 is 5.73. The van der Waals surface area contributed by atoms with Crippen LogP contribution in [0.15, 0.2) is 18.2 Å². The van der Waals surface area contributed by atoms with Crippen LogP contribution in [0.25, 0.3) is 0 Å². The molecule has 1 aromatic rings. The van der Waals surface area contributed by atoms with Gasteiger partial charge in [-0.2, -0.15) is 0 Å². The van der Waals surface area contributed by atoms with E-state index >= 15 is 0 Å². The Kier molecular flexibility index (Phi) is 2.62. The van der Waals surface area contributed by atoms with Crippen LogP contribution in [0.2, 0.25) is 0 Å². The fourth-order valence-electron chi connectivity index (χ4n) is 1.88. The topological polar surface area (TPSA) is 29.5 Å². The summed E-state index contributed by atoms with van der Waals surface area (Å²) in [6.45, 7) is 2.19. The first-order valence-electron chi connectivity index (χ1n) is 5.28. The van der Waals surface area contributed by atoms with Crippen molar-refractivity contribution in [2.75, 3.05) is 0 Å². The van der Waals surface area contributed by atoms with Crippen LogP contribution in [-0.4, -0.2) is 11.2 Å². The summed E-state index contributed by atoms with van der Waals surface area (Å²) in [5.74, 6) is 1.16. The van der Waals surface area contributed by atoms with Gasteiger partial charge in [0.25, 0.3) is 0 Å². The van der Waals surface area contributed by atoms with Crippen molar-refractivity contribution in [1.29, 1.82) is 0 Å². The first-order chi connectivity index (χ1) is 6.79. The van der Waals surface area contributed by atoms with Crippen LogP contribution < -0.4 is 4.74 Å². The maximum Gasteiger partial charge on any atom is 0.126 e. The summed E-state index contributed by atoms with van der Waals surface area (Å²) in [6, 6.07) is 5.39. The molecule has 2 nitrogen and oxygen atoms in total. The van der Waals surface area contributed by atoms with Crippen molar-refractivity contribution in [3.8, 4) is 11.5 Å². The van der Waals surface area contributed by atoms with Gasteiger partial charge in [0.1, 0.15) is 17.6 Å². The number of ether oxygens (including phenoxy) is 1. The van der Waals surface area contributed by atoms with Crippen LogP contribution in [0.3, 0.4) is 0 Å². The number of aromatic hydroxyl groups is 1. The molecule has 2 heteroatoms. The van der Waals surface area contributed by atoms with E-state index in [0.29, 0.717) is 11.9 Å². The monoisotopic (exact) mass is 192 g/mol. The van der Waals surface area contributed by atoms with Gasteiger partial charge in [0, 0.05) is 12.5 Å². The number of phenolic OH excluding ortho intramolecular Hbond substituents is 1. The molecule has 0 aromatic heterocycles. The van der Waals surface area contributed by atoms with Gasteiger partial charge in [0.2, 0.25) is 0 Å². The fourth-order valence-corrected chi connectivity index (χ4v) is 1.88. The predicted molar refractivity (Wildman–Crippen MR) is 55.8 cm³/mol. The Morgan fingerprint density at radius 3 is 3.14 bits per heavy atom. The van der Waals surface area contributed by atoms with E-state index in [9.17, 15) is 5.11 Å². The Morgan fingerprint density at radius 2 is 2.36 bits per heavy atom. The second kappa shape index (κ2) is 3.91. The van der Waals surface area contributed by atoms with Crippen LogP contribution in [0, 0.1) is 0 Å². The predicted octanol–water partition coefficient (Wildman–Crippen LogP) is 2.89. The highest BCUT2D eigenvalue weighted by atomic mass is 16.5. The normalized spacial score (nSPS) is 19.1. The lowest BCUT2D eigenvalue weighted by atomic mass is 10.1. The minimum absolute atomic E-state index is 0.292. The Labute approximate surface area is 84.5 Å². The van der Waals surface area contributed by atoms with Gasteiger partial charge >= 0.3 is 0 Å². The lowest BCUT2D eigenvalue weighted by molar-refractivity contribution is 0.217. The highest BCUT2D eigenvalue weighted by molar-refractivity contribution is 5.42. The number of hydrogen-bond acceptors (Lipinski definition) is 2. The number of unbranched alkanes of at least 4 members (excludes halogenated alkanes) is 1. The Morgan fingerprint density at radius 1 is 1.50 bits per heavy atom. The van der Waals surface area contributed by atoms with Crippen molar-refractivity contribution in [3.05, 3.63) is 23.8 Å². The van der Waals surface area contributed by atoms with Crippen molar-refractivity contribution in [2.45, 2.75) is 38.7 Å². The molecule has 1 heterocycles. The quantitative estimate of drug-likeness (QED) is 0.798. The van der Waals surface area contributed by atoms with Gasteiger partial charge in [-0.25, -0.2) is 0 Å². The summed E-state index contributed by atoms with van der Waals surface area (Å²) >= 11 is 0. The van der Waals surface area contributed by atoms with E-state index in [-0.39, 0.29) is 0 Å². The number of fused-ring (bicyclic) bond motifs is 1. The third-order valence-electron chi connectivity index (χ3n) is 2.67. The molecule has 0 saturated carbocycles. The van der Waals surface area contributed by atoms with Gasteiger partial charge in [0.15, 0.2) is 0 Å². The maximum atomic E-state index is 9.28. The van der Waals surface area contributed by atoms with Gasteiger partial charge in [0.05, 0.1) is 0 Å². The molecule has 0 saturated heterocycles. The fraction of sp³-hybridized carbons (Fsp3) is 0.500. The molecule has 1 unspecified atom stereocenters.